The van der Waals surface area contributed by atoms with E-state index in [9.17, 15) is 29.1 Å². The van der Waals surface area contributed by atoms with E-state index in [1.807, 2.05) is 56.3 Å². The fraction of sp³-hybridized carbons (Fsp3) is 0.438. The molecular formula is C32H39N5O7. The second kappa shape index (κ2) is 14.6. The standard InChI is InChI=1S/C32H39N5O7/c1-18(2)14-24(29(39)36-27(32(42)43)17-22-11-7-13-33-28(22)38)34-30(40)25(35-31(41)26-15-19(3)44-37-26)16-21-10-6-9-20-8-4-5-12-23(20)21/h4-6,8-10,12,15,18,22,24-25,27H,7,11,13-14,16-17H2,1-3H3,(H,33,38)(H,34,40)(H,35,41)(H,36,39)(H,42,43). The monoisotopic (exact) mass is 605 g/mol. The molecule has 1 aliphatic heterocycles. The molecule has 0 spiro atoms. The van der Waals surface area contributed by atoms with Gasteiger partial charge in [-0.1, -0.05) is 61.5 Å². The highest BCUT2D eigenvalue weighted by atomic mass is 16.5. The number of nitrogens with zero attached hydrogens (tertiary/aromatic N) is 1. The van der Waals surface area contributed by atoms with Crippen LogP contribution >= 0.6 is 0 Å². The van der Waals surface area contributed by atoms with Gasteiger partial charge in [0.2, 0.25) is 17.7 Å². The first kappa shape index (κ1) is 32.2. The molecule has 4 rings (SSSR count). The molecule has 4 amide bonds. The molecule has 2 heterocycles. The SMILES string of the molecule is Cc1cc(C(=O)NC(Cc2cccc3ccccc23)C(=O)NC(CC(C)C)C(=O)NC(CC2CCCNC2=O)C(=O)O)no1. The van der Waals surface area contributed by atoms with Crippen molar-refractivity contribution < 1.29 is 33.6 Å². The molecule has 234 valence electrons. The molecule has 0 bridgehead atoms. The third-order valence-electron chi connectivity index (χ3n) is 7.66. The van der Waals surface area contributed by atoms with Gasteiger partial charge in [-0.05, 0) is 54.9 Å². The third kappa shape index (κ3) is 8.42. The molecule has 1 aliphatic rings. The largest absolute Gasteiger partial charge is 0.480 e. The number of nitrogens with one attached hydrogen (secondary N) is 4. The van der Waals surface area contributed by atoms with Crippen LogP contribution in [0.4, 0.5) is 0 Å². The number of aromatic nitrogens is 1. The number of carbonyl (C=O) groups is 5. The zero-order valence-electron chi connectivity index (χ0n) is 25.1. The molecule has 1 aromatic heterocycles. The van der Waals surface area contributed by atoms with Gasteiger partial charge in [0.25, 0.3) is 5.91 Å². The van der Waals surface area contributed by atoms with Crippen LogP contribution in [0.3, 0.4) is 0 Å². The van der Waals surface area contributed by atoms with Gasteiger partial charge in [0.1, 0.15) is 23.9 Å². The summed E-state index contributed by atoms with van der Waals surface area (Å²) in [7, 11) is 0. The van der Waals surface area contributed by atoms with Crippen molar-refractivity contribution in [3.63, 3.8) is 0 Å². The van der Waals surface area contributed by atoms with E-state index in [0.717, 1.165) is 22.8 Å². The van der Waals surface area contributed by atoms with Crippen molar-refractivity contribution in [2.75, 3.05) is 6.54 Å². The Bertz CT molecular complexity index is 1510. The van der Waals surface area contributed by atoms with Crippen molar-refractivity contribution >= 4 is 40.4 Å². The van der Waals surface area contributed by atoms with Gasteiger partial charge in [-0.25, -0.2) is 4.79 Å². The van der Waals surface area contributed by atoms with Crippen molar-refractivity contribution in [2.45, 2.75) is 71.0 Å². The van der Waals surface area contributed by atoms with Crippen molar-refractivity contribution in [3.05, 3.63) is 65.5 Å². The van der Waals surface area contributed by atoms with Crippen LogP contribution in [-0.4, -0.2) is 64.5 Å². The third-order valence-corrected chi connectivity index (χ3v) is 7.66. The smallest absolute Gasteiger partial charge is 0.326 e. The Balaban J connectivity index is 1.55. The Morgan fingerprint density at radius 2 is 1.70 bits per heavy atom. The summed E-state index contributed by atoms with van der Waals surface area (Å²) in [4.78, 5) is 64.6. The van der Waals surface area contributed by atoms with E-state index in [-0.39, 0.29) is 36.8 Å². The van der Waals surface area contributed by atoms with E-state index in [1.165, 1.54) is 6.07 Å². The lowest BCUT2D eigenvalue weighted by atomic mass is 9.91. The van der Waals surface area contributed by atoms with Gasteiger partial charge in [0.15, 0.2) is 5.69 Å². The van der Waals surface area contributed by atoms with Crippen LogP contribution in [0.5, 0.6) is 0 Å². The quantitative estimate of drug-likeness (QED) is 0.197. The Hall–Kier alpha value is -4.74. The van der Waals surface area contributed by atoms with E-state index in [0.29, 0.717) is 18.7 Å². The zero-order chi connectivity index (χ0) is 31.8. The first-order chi connectivity index (χ1) is 21.0. The van der Waals surface area contributed by atoms with Gasteiger partial charge in [-0.2, -0.15) is 0 Å². The highest BCUT2D eigenvalue weighted by molar-refractivity contribution is 5.98. The zero-order valence-corrected chi connectivity index (χ0v) is 25.1. The number of amides is 4. The highest BCUT2D eigenvalue weighted by Gasteiger charge is 2.34. The molecule has 12 heteroatoms. The fourth-order valence-corrected chi connectivity index (χ4v) is 5.42. The number of carboxylic acids is 1. The van der Waals surface area contributed by atoms with Crippen LogP contribution in [0, 0.1) is 18.8 Å². The van der Waals surface area contributed by atoms with Crippen LogP contribution in [0.25, 0.3) is 10.8 Å². The molecule has 44 heavy (non-hydrogen) atoms. The van der Waals surface area contributed by atoms with Crippen LogP contribution in [0.2, 0.25) is 0 Å². The minimum absolute atomic E-state index is 0.00532. The number of piperidine rings is 1. The van der Waals surface area contributed by atoms with Gasteiger partial charge in [-0.3, -0.25) is 19.2 Å². The summed E-state index contributed by atoms with van der Waals surface area (Å²) in [6, 6.07) is 11.3. The number of carbonyl (C=O) groups excluding carboxylic acids is 4. The van der Waals surface area contributed by atoms with Crippen molar-refractivity contribution in [3.8, 4) is 0 Å². The molecule has 0 aliphatic carbocycles. The molecule has 0 radical (unpaired) electrons. The summed E-state index contributed by atoms with van der Waals surface area (Å²) in [5.41, 5.74) is 0.812. The summed E-state index contributed by atoms with van der Waals surface area (Å²) >= 11 is 0. The number of aryl methyl sites for hydroxylation is 1. The second-order valence-electron chi connectivity index (χ2n) is 11.6. The van der Waals surface area contributed by atoms with E-state index >= 15 is 0 Å². The van der Waals surface area contributed by atoms with E-state index in [2.05, 4.69) is 26.4 Å². The summed E-state index contributed by atoms with van der Waals surface area (Å²) in [5, 5.41) is 26.2. The predicted molar refractivity (Wildman–Crippen MR) is 161 cm³/mol. The molecule has 3 aromatic rings. The maximum absolute atomic E-state index is 13.8. The lowest BCUT2D eigenvalue weighted by Crippen LogP contribution is -2.57. The van der Waals surface area contributed by atoms with Gasteiger partial charge in [0.05, 0.1) is 0 Å². The number of hydrogen-bond acceptors (Lipinski definition) is 7. The van der Waals surface area contributed by atoms with Crippen LogP contribution in [-0.2, 0) is 25.6 Å². The minimum atomic E-state index is -1.32. The minimum Gasteiger partial charge on any atom is -0.480 e. The van der Waals surface area contributed by atoms with Crippen molar-refractivity contribution in [1.82, 2.24) is 26.4 Å². The van der Waals surface area contributed by atoms with Gasteiger partial charge >= 0.3 is 5.97 Å². The number of aliphatic carboxylic acids is 1. The molecule has 4 unspecified atom stereocenters. The van der Waals surface area contributed by atoms with E-state index < -0.39 is 47.7 Å². The van der Waals surface area contributed by atoms with Gasteiger partial charge in [-0.15, -0.1) is 0 Å². The predicted octanol–water partition coefficient (Wildman–Crippen LogP) is 2.49. The topological polar surface area (TPSA) is 180 Å². The molecule has 0 saturated carbocycles. The summed E-state index contributed by atoms with van der Waals surface area (Å²) < 4.78 is 5.02. The van der Waals surface area contributed by atoms with E-state index in [1.54, 1.807) is 6.92 Å². The summed E-state index contributed by atoms with van der Waals surface area (Å²) in [6.07, 6.45) is 1.51. The first-order valence-electron chi connectivity index (χ1n) is 14.8. The number of rotatable bonds is 13. The maximum atomic E-state index is 13.8. The highest BCUT2D eigenvalue weighted by Crippen LogP contribution is 2.21. The Morgan fingerprint density at radius 3 is 2.39 bits per heavy atom. The lowest BCUT2D eigenvalue weighted by Gasteiger charge is -2.28. The Kier molecular flexibility index (Phi) is 10.7. The molecule has 12 nitrogen and oxygen atoms in total. The number of carboxylic acid groups (broad SMARTS) is 1. The molecular weight excluding hydrogens is 566 g/mol. The first-order valence-corrected chi connectivity index (χ1v) is 14.8. The second-order valence-corrected chi connectivity index (χ2v) is 11.6. The van der Waals surface area contributed by atoms with Crippen molar-refractivity contribution in [2.24, 2.45) is 11.8 Å². The van der Waals surface area contributed by atoms with Gasteiger partial charge < -0.3 is 30.9 Å². The van der Waals surface area contributed by atoms with Crippen LogP contribution in [0.1, 0.15) is 61.3 Å². The average Bonchev–Trinajstić information content (AvgIpc) is 3.43. The summed E-state index contributed by atoms with van der Waals surface area (Å²) in [6.45, 7) is 5.92. The average molecular weight is 606 g/mol. The fourth-order valence-electron chi connectivity index (χ4n) is 5.42. The van der Waals surface area contributed by atoms with Gasteiger partial charge in [0, 0.05) is 24.9 Å². The van der Waals surface area contributed by atoms with Crippen LogP contribution < -0.4 is 21.3 Å². The number of fused-ring (bicyclic) bond motifs is 1. The van der Waals surface area contributed by atoms with E-state index in [4.69, 9.17) is 4.52 Å². The Labute approximate surface area is 255 Å². The normalized spacial score (nSPS) is 16.9. The summed E-state index contributed by atoms with van der Waals surface area (Å²) in [5.74, 6) is -3.58. The van der Waals surface area contributed by atoms with Crippen LogP contribution in [0.15, 0.2) is 53.1 Å². The number of benzene rings is 2. The molecule has 1 fully saturated rings. The maximum Gasteiger partial charge on any atom is 0.326 e. The van der Waals surface area contributed by atoms with Crippen molar-refractivity contribution in [1.29, 1.82) is 0 Å². The molecule has 1 saturated heterocycles. The lowest BCUT2D eigenvalue weighted by molar-refractivity contribution is -0.143. The Morgan fingerprint density at radius 1 is 1.00 bits per heavy atom. The molecule has 2 aromatic carbocycles. The molecule has 4 atom stereocenters. The molecule has 5 N–H and O–H groups in total. The number of hydrogen-bond donors (Lipinski definition) is 5.